The molecule has 1 aromatic rings. The van der Waals surface area contributed by atoms with E-state index in [2.05, 4.69) is 4.98 Å². The predicted molar refractivity (Wildman–Crippen MR) is 61.1 cm³/mol. The van der Waals surface area contributed by atoms with Crippen LogP contribution in [0.25, 0.3) is 0 Å². The Labute approximate surface area is 107 Å². The fourth-order valence-electron chi connectivity index (χ4n) is 2.71. The maximum atomic E-state index is 13.6. The van der Waals surface area contributed by atoms with Gasteiger partial charge in [-0.15, -0.1) is 0 Å². The molecule has 2 saturated heterocycles. The van der Waals surface area contributed by atoms with Crippen LogP contribution in [0.2, 0.25) is 0 Å². The van der Waals surface area contributed by atoms with Crippen molar-refractivity contribution in [3.63, 3.8) is 0 Å². The number of amides is 1. The second-order valence-electron chi connectivity index (χ2n) is 4.79. The molecule has 2 aliphatic rings. The molecule has 0 spiro atoms. The van der Waals surface area contributed by atoms with E-state index in [0.717, 1.165) is 0 Å². The molecule has 0 N–H and O–H groups in total. The molecule has 1 amide bonds. The van der Waals surface area contributed by atoms with E-state index < -0.39 is 17.6 Å². The topological polar surface area (TPSA) is 36.4 Å². The van der Waals surface area contributed by atoms with Crippen LogP contribution >= 0.6 is 0 Å². The number of hydrogen-bond donors (Lipinski definition) is 0. The normalized spacial score (nSPS) is 22.9. The molecule has 1 aromatic heterocycles. The fraction of sp³-hybridized carbons (Fsp3) is 0.500. The minimum absolute atomic E-state index is 0.00978. The van der Waals surface area contributed by atoms with Gasteiger partial charge < -0.3 is 9.80 Å². The molecule has 0 aliphatic carbocycles. The Morgan fingerprint density at radius 1 is 1.21 bits per heavy atom. The van der Waals surface area contributed by atoms with Crippen molar-refractivity contribution in [1.29, 1.82) is 0 Å². The van der Waals surface area contributed by atoms with Crippen LogP contribution in [0.5, 0.6) is 0 Å². The van der Waals surface area contributed by atoms with Gasteiger partial charge in [0.25, 0.3) is 5.95 Å². The fourth-order valence-corrected chi connectivity index (χ4v) is 2.71. The Kier molecular flexibility index (Phi) is 2.83. The van der Waals surface area contributed by atoms with Crippen molar-refractivity contribution in [2.45, 2.75) is 18.9 Å². The van der Waals surface area contributed by atoms with E-state index in [1.54, 1.807) is 9.80 Å². The summed E-state index contributed by atoms with van der Waals surface area (Å²) in [6.45, 7) is 1.24. The van der Waals surface area contributed by atoms with E-state index in [0.29, 0.717) is 38.5 Å². The van der Waals surface area contributed by atoms with E-state index in [-0.39, 0.29) is 17.8 Å². The van der Waals surface area contributed by atoms with Gasteiger partial charge in [0.15, 0.2) is 17.5 Å². The molecular weight excluding hydrogens is 259 g/mol. The molecule has 3 heterocycles. The molecule has 7 heteroatoms. The maximum absolute atomic E-state index is 13.6. The summed E-state index contributed by atoms with van der Waals surface area (Å²) in [5.41, 5.74) is 0. The first kappa shape index (κ1) is 12.3. The van der Waals surface area contributed by atoms with E-state index in [4.69, 9.17) is 0 Å². The number of piperazine rings is 1. The summed E-state index contributed by atoms with van der Waals surface area (Å²) >= 11 is 0. The zero-order chi connectivity index (χ0) is 13.6. The van der Waals surface area contributed by atoms with Gasteiger partial charge in [0.05, 0.1) is 0 Å². The Morgan fingerprint density at radius 2 is 2.00 bits per heavy atom. The van der Waals surface area contributed by atoms with E-state index in [1.165, 1.54) is 0 Å². The lowest BCUT2D eigenvalue weighted by Gasteiger charge is -2.38. The first-order valence-corrected chi connectivity index (χ1v) is 6.12. The van der Waals surface area contributed by atoms with Crippen LogP contribution in [-0.2, 0) is 4.79 Å². The monoisotopic (exact) mass is 271 g/mol. The van der Waals surface area contributed by atoms with Gasteiger partial charge >= 0.3 is 0 Å². The standard InChI is InChI=1S/C12H12F3N3O/c13-8-5-9(14)12(16-11(8)15)17-3-4-18-7(6-17)1-2-10(18)19/h5,7H,1-4,6H2. The molecule has 19 heavy (non-hydrogen) atoms. The minimum atomic E-state index is -1.30. The van der Waals surface area contributed by atoms with Crippen molar-refractivity contribution in [3.05, 3.63) is 23.6 Å². The second-order valence-corrected chi connectivity index (χ2v) is 4.79. The van der Waals surface area contributed by atoms with E-state index >= 15 is 0 Å². The van der Waals surface area contributed by atoms with Crippen LogP contribution in [0.1, 0.15) is 12.8 Å². The zero-order valence-corrected chi connectivity index (χ0v) is 10.1. The van der Waals surface area contributed by atoms with Gasteiger partial charge in [-0.25, -0.2) is 8.78 Å². The quantitative estimate of drug-likeness (QED) is 0.723. The van der Waals surface area contributed by atoms with Crippen molar-refractivity contribution in [1.82, 2.24) is 9.88 Å². The highest BCUT2D eigenvalue weighted by atomic mass is 19.2. The first-order chi connectivity index (χ1) is 9.06. The lowest BCUT2D eigenvalue weighted by atomic mass is 10.1. The van der Waals surface area contributed by atoms with Gasteiger partial charge in [0.1, 0.15) is 0 Å². The lowest BCUT2D eigenvalue weighted by Crippen LogP contribution is -2.52. The molecule has 3 rings (SSSR count). The molecule has 1 unspecified atom stereocenters. The molecule has 0 bridgehead atoms. The highest BCUT2D eigenvalue weighted by molar-refractivity contribution is 5.79. The Morgan fingerprint density at radius 3 is 2.79 bits per heavy atom. The van der Waals surface area contributed by atoms with Crippen LogP contribution in [0.3, 0.4) is 0 Å². The first-order valence-electron chi connectivity index (χ1n) is 6.12. The van der Waals surface area contributed by atoms with E-state index in [1.807, 2.05) is 0 Å². The average Bonchev–Trinajstić information content (AvgIpc) is 2.75. The van der Waals surface area contributed by atoms with Crippen molar-refractivity contribution in [2.24, 2.45) is 0 Å². The third-order valence-corrected chi connectivity index (χ3v) is 3.66. The zero-order valence-electron chi connectivity index (χ0n) is 10.1. The number of nitrogens with zero attached hydrogens (tertiary/aromatic N) is 3. The second kappa shape index (κ2) is 4.40. The third kappa shape index (κ3) is 2.02. The summed E-state index contributed by atoms with van der Waals surface area (Å²) in [6.07, 6.45) is 1.20. The number of carbonyl (C=O) groups excluding carboxylic acids is 1. The molecular formula is C12H12F3N3O. The number of pyridine rings is 1. The average molecular weight is 271 g/mol. The number of halogens is 3. The maximum Gasteiger partial charge on any atom is 0.251 e. The number of anilines is 1. The van der Waals surface area contributed by atoms with E-state index in [9.17, 15) is 18.0 Å². The summed E-state index contributed by atoms with van der Waals surface area (Å²) in [6, 6.07) is 0.514. The van der Waals surface area contributed by atoms with Gasteiger partial charge in [0, 0.05) is 38.2 Å². The van der Waals surface area contributed by atoms with Gasteiger partial charge in [-0.3, -0.25) is 4.79 Å². The number of rotatable bonds is 1. The number of fused-ring (bicyclic) bond motifs is 1. The van der Waals surface area contributed by atoms with Gasteiger partial charge in [-0.05, 0) is 6.42 Å². The largest absolute Gasteiger partial charge is 0.350 e. The molecule has 0 radical (unpaired) electrons. The van der Waals surface area contributed by atoms with Crippen molar-refractivity contribution in [2.75, 3.05) is 24.5 Å². The Balaban J connectivity index is 1.84. The van der Waals surface area contributed by atoms with Crippen LogP contribution in [0.15, 0.2) is 6.07 Å². The Hall–Kier alpha value is -1.79. The molecule has 2 fully saturated rings. The van der Waals surface area contributed by atoms with Crippen LogP contribution < -0.4 is 4.90 Å². The minimum Gasteiger partial charge on any atom is -0.350 e. The molecule has 102 valence electrons. The molecule has 4 nitrogen and oxygen atoms in total. The van der Waals surface area contributed by atoms with Gasteiger partial charge in [0.2, 0.25) is 5.91 Å². The predicted octanol–water partition coefficient (Wildman–Crippen LogP) is 1.31. The molecule has 2 aliphatic heterocycles. The SMILES string of the molecule is O=C1CCC2CN(c3nc(F)c(F)cc3F)CCN12. The summed E-state index contributed by atoms with van der Waals surface area (Å²) in [5, 5.41) is 0. The van der Waals surface area contributed by atoms with Gasteiger partial charge in [-0.1, -0.05) is 0 Å². The highest BCUT2D eigenvalue weighted by Crippen LogP contribution is 2.27. The van der Waals surface area contributed by atoms with Crippen molar-refractivity contribution < 1.29 is 18.0 Å². The summed E-state index contributed by atoms with van der Waals surface area (Å²) in [5.74, 6) is -3.56. The molecule has 1 atom stereocenters. The molecule has 0 saturated carbocycles. The summed E-state index contributed by atoms with van der Waals surface area (Å²) < 4.78 is 39.6. The van der Waals surface area contributed by atoms with Crippen LogP contribution in [0.4, 0.5) is 19.0 Å². The summed E-state index contributed by atoms with van der Waals surface area (Å²) in [4.78, 5) is 18.2. The third-order valence-electron chi connectivity index (χ3n) is 3.66. The summed E-state index contributed by atoms with van der Waals surface area (Å²) in [7, 11) is 0. The smallest absolute Gasteiger partial charge is 0.251 e. The molecule has 0 aromatic carbocycles. The Bertz CT molecular complexity index is 537. The number of aromatic nitrogens is 1. The number of hydrogen-bond acceptors (Lipinski definition) is 3. The number of carbonyl (C=O) groups is 1. The highest BCUT2D eigenvalue weighted by Gasteiger charge is 2.36. The van der Waals surface area contributed by atoms with Gasteiger partial charge in [-0.2, -0.15) is 9.37 Å². The van der Waals surface area contributed by atoms with Crippen LogP contribution in [0, 0.1) is 17.6 Å². The van der Waals surface area contributed by atoms with Crippen molar-refractivity contribution in [3.8, 4) is 0 Å². The lowest BCUT2D eigenvalue weighted by molar-refractivity contribution is -0.129. The van der Waals surface area contributed by atoms with Crippen molar-refractivity contribution >= 4 is 11.7 Å². The van der Waals surface area contributed by atoms with Crippen LogP contribution in [-0.4, -0.2) is 41.5 Å².